The molecule has 0 aromatic carbocycles. The summed E-state index contributed by atoms with van der Waals surface area (Å²) in [5, 5.41) is 0. The summed E-state index contributed by atoms with van der Waals surface area (Å²) in [4.78, 5) is -3.56. The van der Waals surface area contributed by atoms with E-state index in [2.05, 4.69) is 46.4 Å². The van der Waals surface area contributed by atoms with Gasteiger partial charge in [-0.2, -0.15) is 26.3 Å². The van der Waals surface area contributed by atoms with Gasteiger partial charge in [-0.25, -0.2) is 0 Å². The molecule has 0 unspecified atom stereocenters. The van der Waals surface area contributed by atoms with Crippen molar-refractivity contribution in [3.8, 4) is 0 Å². The molecule has 0 atom stereocenters. The Balaban J connectivity index is 0. The second-order valence-corrected chi connectivity index (χ2v) is 3.80. The monoisotopic (exact) mass is 290 g/mol. The fourth-order valence-electron chi connectivity index (χ4n) is 0. The van der Waals surface area contributed by atoms with E-state index in [-0.39, 0.29) is 0 Å². The summed E-state index contributed by atoms with van der Waals surface area (Å²) in [7, 11) is 0. The van der Waals surface area contributed by atoms with Crippen molar-refractivity contribution in [1.82, 2.24) is 0 Å². The van der Waals surface area contributed by atoms with Crippen molar-refractivity contribution in [1.29, 1.82) is 0 Å². The fraction of sp³-hybridized carbons (Fsp3) is 1.00. The third kappa shape index (κ3) is 15.5. The molecule has 0 heterocycles. The van der Waals surface area contributed by atoms with Crippen LogP contribution in [0.4, 0.5) is 26.3 Å². The van der Waals surface area contributed by atoms with E-state index in [1.807, 2.05) is 0 Å². The molecule has 0 N–H and O–H groups in total. The molecule has 0 radical (unpaired) electrons. The Hall–Kier alpha value is 0.740. The van der Waals surface area contributed by atoms with Crippen molar-refractivity contribution in [2.45, 2.75) is 15.6 Å². The van der Waals surface area contributed by atoms with Crippen LogP contribution in [-0.2, 0) is 0 Å². The highest BCUT2D eigenvalue weighted by Crippen LogP contribution is 2.40. The van der Waals surface area contributed by atoms with Crippen molar-refractivity contribution >= 4 is 46.4 Å². The molecule has 0 rings (SSSR count). The molecule has 13 heavy (non-hydrogen) atoms. The van der Waals surface area contributed by atoms with Crippen molar-refractivity contribution in [2.24, 2.45) is 0 Å². The number of hydrogen-bond donors (Lipinski definition) is 0. The molecule has 0 aromatic heterocycles. The largest absolute Gasteiger partial charge is 0.452 e. The van der Waals surface area contributed by atoms with Gasteiger partial charge in [0, 0.05) is 0 Å². The van der Waals surface area contributed by atoms with Gasteiger partial charge in [-0.05, 0) is 23.2 Å². The summed E-state index contributed by atoms with van der Waals surface area (Å²) in [6.45, 7) is 0. The molecule has 0 saturated heterocycles. The molecule has 0 aliphatic carbocycles. The SMILES string of the molecule is FC(F)(Cl)Cl.FC(F)(F)C(F)(Cl)Cl. The molecular weight excluding hydrogens is 292 g/mol. The first-order valence-corrected chi connectivity index (χ1v) is 3.65. The number of alkyl halides is 10. The first-order valence-electron chi connectivity index (χ1n) is 2.14. The molecule has 0 aliphatic heterocycles. The molecule has 10 heteroatoms. The lowest BCUT2D eigenvalue weighted by molar-refractivity contribution is -0.170. The van der Waals surface area contributed by atoms with E-state index in [9.17, 15) is 26.3 Å². The van der Waals surface area contributed by atoms with E-state index in [0.717, 1.165) is 0 Å². The highest BCUT2D eigenvalue weighted by atomic mass is 35.5. The minimum Gasteiger partial charge on any atom is -0.198 e. The van der Waals surface area contributed by atoms with Gasteiger partial charge in [0.05, 0.1) is 0 Å². The van der Waals surface area contributed by atoms with E-state index in [1.165, 1.54) is 0 Å². The predicted octanol–water partition coefficient (Wildman–Crippen LogP) is 4.66. The molecule has 0 aromatic rings. The third-order valence-electron chi connectivity index (χ3n) is 0.321. The number of rotatable bonds is 0. The maximum absolute atomic E-state index is 11.3. The van der Waals surface area contributed by atoms with Gasteiger partial charge in [0.2, 0.25) is 0 Å². The van der Waals surface area contributed by atoms with Crippen LogP contribution in [0.3, 0.4) is 0 Å². The molecule has 0 amide bonds. The lowest BCUT2D eigenvalue weighted by Crippen LogP contribution is -2.28. The van der Waals surface area contributed by atoms with Gasteiger partial charge in [-0.15, -0.1) is 0 Å². The smallest absolute Gasteiger partial charge is 0.198 e. The zero-order valence-corrected chi connectivity index (χ0v) is 8.30. The molecular formula is C3Cl4F6. The average Bonchev–Trinajstić information content (AvgIpc) is 1.50. The van der Waals surface area contributed by atoms with E-state index < -0.39 is 15.6 Å². The van der Waals surface area contributed by atoms with Gasteiger partial charge < -0.3 is 0 Å². The Morgan fingerprint density at radius 3 is 0.692 bits per heavy atom. The van der Waals surface area contributed by atoms with Crippen LogP contribution in [0.5, 0.6) is 0 Å². The van der Waals surface area contributed by atoms with Crippen LogP contribution in [-0.4, -0.2) is 15.6 Å². The molecule has 0 spiro atoms. The first kappa shape index (κ1) is 16.2. The van der Waals surface area contributed by atoms with E-state index >= 15 is 0 Å². The first-order chi connectivity index (χ1) is 5.25. The van der Waals surface area contributed by atoms with Crippen molar-refractivity contribution < 1.29 is 26.3 Å². The molecule has 0 nitrogen and oxygen atoms in total. The molecule has 0 aliphatic rings. The highest BCUT2D eigenvalue weighted by molar-refractivity contribution is 6.47. The van der Waals surface area contributed by atoms with Gasteiger partial charge in [0.25, 0.3) is 0 Å². The predicted molar refractivity (Wildman–Crippen MR) is 38.3 cm³/mol. The maximum Gasteiger partial charge on any atom is 0.452 e. The molecule has 0 bridgehead atoms. The summed E-state index contributed by atoms with van der Waals surface area (Å²) in [6.07, 6.45) is -5.20. The number of halogens is 10. The normalized spacial score (nSPS) is 13.4. The molecule has 0 saturated carbocycles. The average molecular weight is 292 g/mol. The topological polar surface area (TPSA) is 0 Å². The molecule has 82 valence electrons. The summed E-state index contributed by atoms with van der Waals surface area (Å²) in [6, 6.07) is 0. The van der Waals surface area contributed by atoms with Crippen LogP contribution < -0.4 is 0 Å². The van der Waals surface area contributed by atoms with Crippen LogP contribution in [0.25, 0.3) is 0 Å². The van der Waals surface area contributed by atoms with E-state index in [1.54, 1.807) is 0 Å². The lowest BCUT2D eigenvalue weighted by Gasteiger charge is -2.11. The summed E-state index contributed by atoms with van der Waals surface area (Å²) in [5.41, 5.74) is 0. The fourth-order valence-corrected chi connectivity index (χ4v) is 0. The Kier molecular flexibility index (Phi) is 6.22. The van der Waals surface area contributed by atoms with Crippen molar-refractivity contribution in [2.75, 3.05) is 0 Å². The second-order valence-electron chi connectivity index (χ2n) is 1.42. The second kappa shape index (κ2) is 5.00. The lowest BCUT2D eigenvalue weighted by atomic mass is 10.7. The maximum atomic E-state index is 11.3. The van der Waals surface area contributed by atoms with Gasteiger partial charge in [-0.3, -0.25) is 0 Å². The Bertz CT molecular complexity index is 123. The summed E-state index contributed by atoms with van der Waals surface area (Å²) >= 11 is 15.9. The van der Waals surface area contributed by atoms with E-state index in [4.69, 9.17) is 0 Å². The quantitative estimate of drug-likeness (QED) is 0.450. The Morgan fingerprint density at radius 2 is 0.692 bits per heavy atom. The van der Waals surface area contributed by atoms with Gasteiger partial charge >= 0.3 is 15.6 Å². The highest BCUT2D eigenvalue weighted by Gasteiger charge is 2.53. The minimum atomic E-state index is -5.20. The van der Waals surface area contributed by atoms with E-state index in [0.29, 0.717) is 0 Å². The standard InChI is InChI=1S/C2Cl2F4.CCl2F2/c3-1(4,5)2(6,7)8;2-1(3,4)5. The van der Waals surface area contributed by atoms with Crippen LogP contribution in [0.1, 0.15) is 0 Å². The van der Waals surface area contributed by atoms with Crippen LogP contribution in [0.15, 0.2) is 0 Å². The van der Waals surface area contributed by atoms with Crippen molar-refractivity contribution in [3.05, 3.63) is 0 Å². The summed E-state index contributed by atoms with van der Waals surface area (Å²) < 4.78 is 61.1. The zero-order valence-electron chi connectivity index (χ0n) is 5.28. The molecule has 0 fully saturated rings. The third-order valence-corrected chi connectivity index (χ3v) is 0.750. The van der Waals surface area contributed by atoms with Crippen LogP contribution in [0, 0.1) is 0 Å². The summed E-state index contributed by atoms with van der Waals surface area (Å²) in [5.74, 6) is 0. The Morgan fingerprint density at radius 1 is 0.615 bits per heavy atom. The van der Waals surface area contributed by atoms with Gasteiger partial charge in [0.1, 0.15) is 0 Å². The zero-order chi connectivity index (χ0) is 11.5. The van der Waals surface area contributed by atoms with Crippen LogP contribution in [0.2, 0.25) is 0 Å². The van der Waals surface area contributed by atoms with Crippen molar-refractivity contribution in [3.63, 3.8) is 0 Å². The minimum absolute atomic E-state index is 3.56. The number of hydrogen-bond acceptors (Lipinski definition) is 0. The van der Waals surface area contributed by atoms with Gasteiger partial charge in [-0.1, -0.05) is 23.2 Å². The van der Waals surface area contributed by atoms with Gasteiger partial charge in [0.15, 0.2) is 0 Å². The van der Waals surface area contributed by atoms with Crippen LogP contribution >= 0.6 is 46.4 Å². The Labute approximate surface area is 88.7 Å².